The Kier molecular flexibility index (Phi) is 4.74. The Hall–Kier alpha value is -0.790. The van der Waals surface area contributed by atoms with Crippen molar-refractivity contribution in [1.82, 2.24) is 0 Å². The van der Waals surface area contributed by atoms with Gasteiger partial charge in [0.2, 0.25) is 0 Å². The molecule has 0 rings (SSSR count). The van der Waals surface area contributed by atoms with Crippen LogP contribution in [0.4, 0.5) is 0 Å². The van der Waals surface area contributed by atoms with Crippen LogP contribution in [0, 0.1) is 5.41 Å². The molecule has 0 fully saturated rings. The van der Waals surface area contributed by atoms with Gasteiger partial charge in [-0.3, -0.25) is 0 Å². The normalized spacial score (nSPS) is 12.8. The highest BCUT2D eigenvalue weighted by Crippen LogP contribution is 2.28. The van der Waals surface area contributed by atoms with Crippen molar-refractivity contribution < 1.29 is 9.53 Å². The Bertz CT molecular complexity index is 197. The summed E-state index contributed by atoms with van der Waals surface area (Å²) in [5.41, 5.74) is 1.21. The zero-order valence-corrected chi connectivity index (χ0v) is 9.31. The van der Waals surface area contributed by atoms with Crippen LogP contribution >= 0.6 is 0 Å². The predicted molar refractivity (Wildman–Crippen MR) is 54.5 cm³/mol. The summed E-state index contributed by atoms with van der Waals surface area (Å²) < 4.78 is 4.61. The van der Waals surface area contributed by atoms with Crippen LogP contribution in [-0.4, -0.2) is 13.1 Å². The molecule has 0 unspecified atom stereocenters. The Morgan fingerprint density at radius 1 is 1.38 bits per heavy atom. The second-order valence-electron chi connectivity index (χ2n) is 4.19. The summed E-state index contributed by atoms with van der Waals surface area (Å²) in [5, 5.41) is 0. The molecule has 0 N–H and O–H groups in total. The van der Waals surface area contributed by atoms with Crippen molar-refractivity contribution in [3.05, 3.63) is 11.6 Å². The minimum absolute atomic E-state index is 0.0597. The molecule has 76 valence electrons. The number of allylic oxidation sites excluding steroid dienone is 1. The minimum atomic E-state index is -0.252. The summed E-state index contributed by atoms with van der Waals surface area (Å²) in [6.45, 7) is 8.43. The molecule has 0 aromatic rings. The summed E-state index contributed by atoms with van der Waals surface area (Å²) in [6, 6.07) is 0. The monoisotopic (exact) mass is 184 g/mol. The molecule has 0 aliphatic rings. The first-order chi connectivity index (χ1) is 5.91. The molecular weight excluding hydrogens is 164 g/mol. The molecule has 0 atom stereocenters. The van der Waals surface area contributed by atoms with Gasteiger partial charge in [0, 0.05) is 6.08 Å². The maximum Gasteiger partial charge on any atom is 0.330 e. The largest absolute Gasteiger partial charge is 0.466 e. The molecule has 0 amide bonds. The third-order valence-corrected chi connectivity index (χ3v) is 1.98. The molecule has 0 aliphatic heterocycles. The van der Waals surface area contributed by atoms with E-state index in [4.69, 9.17) is 0 Å². The molecule has 0 aromatic heterocycles. The lowest BCUT2D eigenvalue weighted by molar-refractivity contribution is -0.134. The number of carbonyl (C=O) groups is 1. The van der Waals surface area contributed by atoms with Gasteiger partial charge in [-0.25, -0.2) is 4.79 Å². The average molecular weight is 184 g/mol. The van der Waals surface area contributed by atoms with Gasteiger partial charge in [0.25, 0.3) is 0 Å². The Labute approximate surface area is 81.0 Å². The predicted octanol–water partition coefficient (Wildman–Crippen LogP) is 2.93. The molecule has 0 aromatic carbocycles. The van der Waals surface area contributed by atoms with E-state index in [0.29, 0.717) is 0 Å². The van der Waals surface area contributed by atoms with Crippen LogP contribution in [-0.2, 0) is 9.53 Å². The summed E-state index contributed by atoms with van der Waals surface area (Å²) >= 11 is 0. The second kappa shape index (κ2) is 5.05. The molecule has 0 heterocycles. The number of methoxy groups -OCH3 is 1. The van der Waals surface area contributed by atoms with Crippen LogP contribution in [0.2, 0.25) is 0 Å². The highest BCUT2D eigenvalue weighted by Gasteiger charge is 2.17. The smallest absolute Gasteiger partial charge is 0.330 e. The van der Waals surface area contributed by atoms with E-state index < -0.39 is 0 Å². The first-order valence-electron chi connectivity index (χ1n) is 4.70. The summed E-state index contributed by atoms with van der Waals surface area (Å²) in [4.78, 5) is 11.0. The lowest BCUT2D eigenvalue weighted by Gasteiger charge is -2.22. The van der Waals surface area contributed by atoms with Gasteiger partial charge in [0.15, 0.2) is 0 Å². The van der Waals surface area contributed by atoms with Crippen LogP contribution in [0.5, 0.6) is 0 Å². The van der Waals surface area contributed by atoms with Crippen LogP contribution in [0.25, 0.3) is 0 Å². The molecule has 0 bridgehead atoms. The third-order valence-electron chi connectivity index (χ3n) is 1.98. The highest BCUT2D eigenvalue weighted by molar-refractivity contribution is 5.82. The number of ether oxygens (including phenoxy) is 1. The van der Waals surface area contributed by atoms with Crippen molar-refractivity contribution in [2.75, 3.05) is 7.11 Å². The number of hydrogen-bond donors (Lipinski definition) is 0. The number of hydrogen-bond acceptors (Lipinski definition) is 2. The first-order valence-corrected chi connectivity index (χ1v) is 4.70. The molecule has 0 radical (unpaired) electrons. The molecule has 2 nitrogen and oxygen atoms in total. The third kappa shape index (κ3) is 4.71. The van der Waals surface area contributed by atoms with Gasteiger partial charge < -0.3 is 4.74 Å². The van der Waals surface area contributed by atoms with Crippen molar-refractivity contribution >= 4 is 5.97 Å². The van der Waals surface area contributed by atoms with Crippen molar-refractivity contribution in [3.8, 4) is 0 Å². The van der Waals surface area contributed by atoms with Crippen LogP contribution in [0.1, 0.15) is 40.5 Å². The van der Waals surface area contributed by atoms with Crippen molar-refractivity contribution in [1.29, 1.82) is 0 Å². The molecule has 13 heavy (non-hydrogen) atoms. The van der Waals surface area contributed by atoms with Crippen molar-refractivity contribution in [2.24, 2.45) is 5.41 Å². The average Bonchev–Trinajstić information content (AvgIpc) is 2.01. The van der Waals surface area contributed by atoms with Gasteiger partial charge in [-0.1, -0.05) is 39.7 Å². The standard InChI is InChI=1S/C11H20O2/c1-6-7-9(11(2,3)4)8-10(12)13-5/h8H,6-7H2,1-5H3/b9-8-. The van der Waals surface area contributed by atoms with Gasteiger partial charge in [0.1, 0.15) is 0 Å². The van der Waals surface area contributed by atoms with Gasteiger partial charge in [-0.2, -0.15) is 0 Å². The van der Waals surface area contributed by atoms with E-state index in [0.717, 1.165) is 18.4 Å². The van der Waals surface area contributed by atoms with Gasteiger partial charge in [-0.15, -0.1) is 0 Å². The van der Waals surface area contributed by atoms with Gasteiger partial charge >= 0.3 is 5.97 Å². The molecule has 0 saturated heterocycles. The Morgan fingerprint density at radius 3 is 2.23 bits per heavy atom. The number of esters is 1. The minimum Gasteiger partial charge on any atom is -0.466 e. The lowest BCUT2D eigenvalue weighted by Crippen LogP contribution is -2.11. The van der Waals surface area contributed by atoms with Crippen molar-refractivity contribution in [2.45, 2.75) is 40.5 Å². The fourth-order valence-corrected chi connectivity index (χ4v) is 1.13. The van der Waals surface area contributed by atoms with E-state index in [2.05, 4.69) is 32.4 Å². The maximum atomic E-state index is 11.0. The quantitative estimate of drug-likeness (QED) is 0.498. The number of rotatable bonds is 3. The Morgan fingerprint density at radius 2 is 1.92 bits per heavy atom. The van der Waals surface area contributed by atoms with E-state index in [1.165, 1.54) is 7.11 Å². The molecule has 0 saturated carbocycles. The van der Waals surface area contributed by atoms with E-state index in [1.54, 1.807) is 6.08 Å². The van der Waals surface area contributed by atoms with E-state index in [-0.39, 0.29) is 11.4 Å². The topological polar surface area (TPSA) is 26.3 Å². The second-order valence-corrected chi connectivity index (χ2v) is 4.19. The van der Waals surface area contributed by atoms with E-state index >= 15 is 0 Å². The zero-order valence-electron chi connectivity index (χ0n) is 9.31. The summed E-state index contributed by atoms with van der Waals surface area (Å²) in [5.74, 6) is -0.252. The lowest BCUT2D eigenvalue weighted by atomic mass is 9.83. The Balaban J connectivity index is 4.60. The van der Waals surface area contributed by atoms with E-state index in [1.807, 2.05) is 0 Å². The molecule has 2 heteroatoms. The summed E-state index contributed by atoms with van der Waals surface area (Å²) in [7, 11) is 1.41. The van der Waals surface area contributed by atoms with Crippen LogP contribution < -0.4 is 0 Å². The molecular formula is C11H20O2. The fraction of sp³-hybridized carbons (Fsp3) is 0.727. The van der Waals surface area contributed by atoms with E-state index in [9.17, 15) is 4.79 Å². The van der Waals surface area contributed by atoms with Crippen LogP contribution in [0.3, 0.4) is 0 Å². The first kappa shape index (κ1) is 12.2. The zero-order chi connectivity index (χ0) is 10.5. The maximum absolute atomic E-state index is 11.0. The van der Waals surface area contributed by atoms with Gasteiger partial charge in [-0.05, 0) is 11.8 Å². The number of carbonyl (C=O) groups excluding carboxylic acids is 1. The van der Waals surface area contributed by atoms with Crippen LogP contribution in [0.15, 0.2) is 11.6 Å². The molecule has 0 spiro atoms. The van der Waals surface area contributed by atoms with Gasteiger partial charge in [0.05, 0.1) is 7.11 Å². The highest BCUT2D eigenvalue weighted by atomic mass is 16.5. The fourth-order valence-electron chi connectivity index (χ4n) is 1.13. The molecule has 0 aliphatic carbocycles. The SMILES string of the molecule is CCC/C(=C/C(=O)OC)C(C)(C)C. The van der Waals surface area contributed by atoms with Crippen molar-refractivity contribution in [3.63, 3.8) is 0 Å². The summed E-state index contributed by atoms with van der Waals surface area (Å²) in [6.07, 6.45) is 3.63.